The molecule has 0 radical (unpaired) electrons. The van der Waals surface area contributed by atoms with Gasteiger partial charge in [0.1, 0.15) is 0 Å². The topological polar surface area (TPSA) is 50.4 Å². The Morgan fingerprint density at radius 2 is 2.00 bits per heavy atom. The molecule has 4 nitrogen and oxygen atoms in total. The van der Waals surface area contributed by atoms with Crippen molar-refractivity contribution >= 4 is 5.91 Å². The molecule has 1 aliphatic rings. The molecule has 1 fully saturated rings. The lowest BCUT2D eigenvalue weighted by Crippen LogP contribution is -2.53. The number of benzene rings is 1. The van der Waals surface area contributed by atoms with Crippen LogP contribution in [0.4, 0.5) is 0 Å². The maximum atomic E-state index is 12.9. The Kier molecular flexibility index (Phi) is 5.76. The molecular weight excluding hydrogens is 264 g/mol. The first-order valence-corrected chi connectivity index (χ1v) is 7.84. The van der Waals surface area contributed by atoms with Crippen molar-refractivity contribution in [2.45, 2.75) is 38.1 Å². The zero-order chi connectivity index (χ0) is 15.1. The van der Waals surface area contributed by atoms with Crippen molar-refractivity contribution in [1.82, 2.24) is 10.6 Å². The van der Waals surface area contributed by atoms with Crippen molar-refractivity contribution in [2.75, 3.05) is 26.3 Å². The fourth-order valence-corrected chi connectivity index (χ4v) is 2.96. The van der Waals surface area contributed by atoms with Crippen LogP contribution >= 0.6 is 0 Å². The minimum Gasteiger partial charge on any atom is -0.380 e. The van der Waals surface area contributed by atoms with E-state index in [4.69, 9.17) is 4.74 Å². The summed E-state index contributed by atoms with van der Waals surface area (Å²) < 4.78 is 5.40. The third-order valence-corrected chi connectivity index (χ3v) is 4.17. The van der Waals surface area contributed by atoms with Crippen LogP contribution < -0.4 is 10.6 Å². The second kappa shape index (κ2) is 7.57. The zero-order valence-corrected chi connectivity index (χ0v) is 13.0. The van der Waals surface area contributed by atoms with E-state index in [1.54, 1.807) is 0 Å². The summed E-state index contributed by atoms with van der Waals surface area (Å²) in [5.41, 5.74) is 0.708. The second-order valence-corrected chi connectivity index (χ2v) is 5.73. The van der Waals surface area contributed by atoms with Gasteiger partial charge in [0.15, 0.2) is 0 Å². The van der Waals surface area contributed by atoms with E-state index in [0.29, 0.717) is 13.2 Å². The first kappa shape index (κ1) is 16.0. The number of hydrogen-bond acceptors (Lipinski definition) is 3. The fourth-order valence-electron chi connectivity index (χ4n) is 2.96. The van der Waals surface area contributed by atoms with Crippen molar-refractivity contribution in [3.63, 3.8) is 0 Å². The summed E-state index contributed by atoms with van der Waals surface area (Å²) in [6.45, 7) is 6.95. The number of piperidine rings is 1. The van der Waals surface area contributed by atoms with Gasteiger partial charge in [0, 0.05) is 12.6 Å². The van der Waals surface area contributed by atoms with Crippen molar-refractivity contribution < 1.29 is 9.53 Å². The van der Waals surface area contributed by atoms with Gasteiger partial charge in [0.05, 0.1) is 12.0 Å². The quantitative estimate of drug-likeness (QED) is 0.840. The van der Waals surface area contributed by atoms with Crippen LogP contribution in [0.1, 0.15) is 32.3 Å². The Morgan fingerprint density at radius 3 is 2.62 bits per heavy atom. The zero-order valence-electron chi connectivity index (χ0n) is 13.0. The number of nitrogens with one attached hydrogen (secondary N) is 2. The monoisotopic (exact) mass is 290 g/mol. The smallest absolute Gasteiger partial charge is 0.231 e. The summed E-state index contributed by atoms with van der Waals surface area (Å²) in [6, 6.07) is 10.2. The van der Waals surface area contributed by atoms with Gasteiger partial charge >= 0.3 is 0 Å². The van der Waals surface area contributed by atoms with Crippen LogP contribution in [0.15, 0.2) is 30.3 Å². The number of rotatable bonds is 6. The van der Waals surface area contributed by atoms with Crippen molar-refractivity contribution in [1.29, 1.82) is 0 Å². The molecule has 21 heavy (non-hydrogen) atoms. The largest absolute Gasteiger partial charge is 0.380 e. The normalized spacial score (nSPS) is 19.0. The van der Waals surface area contributed by atoms with Gasteiger partial charge in [-0.2, -0.15) is 0 Å². The third-order valence-electron chi connectivity index (χ3n) is 4.17. The van der Waals surface area contributed by atoms with Gasteiger partial charge in [-0.15, -0.1) is 0 Å². The van der Waals surface area contributed by atoms with Crippen molar-refractivity contribution in [3.8, 4) is 0 Å². The molecule has 1 saturated heterocycles. The molecule has 116 valence electrons. The lowest BCUT2D eigenvalue weighted by atomic mass is 9.72. The van der Waals surface area contributed by atoms with E-state index in [1.807, 2.05) is 32.0 Å². The van der Waals surface area contributed by atoms with Crippen LogP contribution in [0.25, 0.3) is 0 Å². The highest BCUT2D eigenvalue weighted by atomic mass is 16.5. The lowest BCUT2D eigenvalue weighted by molar-refractivity contribution is -0.128. The highest BCUT2D eigenvalue weighted by Gasteiger charge is 2.41. The molecule has 0 aliphatic carbocycles. The highest BCUT2D eigenvalue weighted by Crippen LogP contribution is 2.33. The molecule has 1 aliphatic heterocycles. The predicted octanol–water partition coefficient (Wildman–Crippen LogP) is 1.85. The van der Waals surface area contributed by atoms with E-state index in [0.717, 1.165) is 31.5 Å². The molecule has 4 heteroatoms. The molecule has 1 aromatic carbocycles. The van der Waals surface area contributed by atoms with Gasteiger partial charge in [-0.3, -0.25) is 4.79 Å². The maximum absolute atomic E-state index is 12.9. The van der Waals surface area contributed by atoms with E-state index in [-0.39, 0.29) is 11.9 Å². The lowest BCUT2D eigenvalue weighted by Gasteiger charge is -2.37. The molecule has 0 bridgehead atoms. The Morgan fingerprint density at radius 1 is 1.33 bits per heavy atom. The summed E-state index contributed by atoms with van der Waals surface area (Å²) in [6.07, 6.45) is 1.68. The third kappa shape index (κ3) is 3.83. The summed E-state index contributed by atoms with van der Waals surface area (Å²) in [5.74, 6) is 0.127. The fraction of sp³-hybridized carbons (Fsp3) is 0.588. The molecule has 1 aromatic rings. The van der Waals surface area contributed by atoms with Gasteiger partial charge in [-0.05, 0) is 45.3 Å². The summed E-state index contributed by atoms with van der Waals surface area (Å²) >= 11 is 0. The first-order chi connectivity index (χ1) is 10.2. The Hall–Kier alpha value is -1.39. The number of ether oxygens (including phenoxy) is 1. The standard InChI is InChI=1S/C17H26N2O2/c1-3-21-13-14(2)19-16(20)17(9-11-18-12-10-17)15-7-5-4-6-8-15/h4-8,14,18H,3,9-13H2,1-2H3,(H,19,20). The molecule has 1 heterocycles. The number of amides is 1. The molecule has 1 unspecified atom stereocenters. The number of carbonyl (C=O) groups is 1. The molecule has 1 atom stereocenters. The van der Waals surface area contributed by atoms with Crippen LogP contribution in [-0.2, 0) is 14.9 Å². The van der Waals surface area contributed by atoms with E-state index >= 15 is 0 Å². The maximum Gasteiger partial charge on any atom is 0.231 e. The molecule has 2 N–H and O–H groups in total. The molecule has 1 amide bonds. The molecular formula is C17H26N2O2. The van der Waals surface area contributed by atoms with Crippen LogP contribution in [0.2, 0.25) is 0 Å². The van der Waals surface area contributed by atoms with E-state index in [2.05, 4.69) is 22.8 Å². The number of carbonyl (C=O) groups excluding carboxylic acids is 1. The van der Waals surface area contributed by atoms with Gasteiger partial charge < -0.3 is 15.4 Å². The summed E-state index contributed by atoms with van der Waals surface area (Å²) in [7, 11) is 0. The van der Waals surface area contributed by atoms with Crippen LogP contribution in [0.5, 0.6) is 0 Å². The minimum absolute atomic E-state index is 0.0351. The SMILES string of the molecule is CCOCC(C)NC(=O)C1(c2ccccc2)CCNCC1. The van der Waals surface area contributed by atoms with Gasteiger partial charge in [-0.1, -0.05) is 30.3 Å². The predicted molar refractivity (Wildman–Crippen MR) is 84.3 cm³/mol. The van der Waals surface area contributed by atoms with Gasteiger partial charge in [0.2, 0.25) is 5.91 Å². The average Bonchev–Trinajstić information content (AvgIpc) is 2.54. The summed E-state index contributed by atoms with van der Waals surface area (Å²) in [5, 5.41) is 6.48. The van der Waals surface area contributed by atoms with Gasteiger partial charge in [-0.25, -0.2) is 0 Å². The molecule has 0 saturated carbocycles. The van der Waals surface area contributed by atoms with Crippen molar-refractivity contribution in [3.05, 3.63) is 35.9 Å². The van der Waals surface area contributed by atoms with Crippen LogP contribution in [-0.4, -0.2) is 38.3 Å². The van der Waals surface area contributed by atoms with E-state index < -0.39 is 5.41 Å². The van der Waals surface area contributed by atoms with Crippen LogP contribution in [0, 0.1) is 0 Å². The molecule has 0 spiro atoms. The Balaban J connectivity index is 2.14. The van der Waals surface area contributed by atoms with E-state index in [1.165, 1.54) is 0 Å². The average molecular weight is 290 g/mol. The minimum atomic E-state index is -0.410. The highest BCUT2D eigenvalue weighted by molar-refractivity contribution is 5.88. The molecule has 0 aromatic heterocycles. The van der Waals surface area contributed by atoms with Crippen LogP contribution in [0.3, 0.4) is 0 Å². The van der Waals surface area contributed by atoms with Gasteiger partial charge in [0.25, 0.3) is 0 Å². The van der Waals surface area contributed by atoms with E-state index in [9.17, 15) is 4.79 Å². The summed E-state index contributed by atoms with van der Waals surface area (Å²) in [4.78, 5) is 12.9. The molecule has 2 rings (SSSR count). The van der Waals surface area contributed by atoms with Crippen molar-refractivity contribution in [2.24, 2.45) is 0 Å². The number of hydrogen-bond donors (Lipinski definition) is 2. The second-order valence-electron chi connectivity index (χ2n) is 5.73. The Labute approximate surface area is 127 Å². The first-order valence-electron chi connectivity index (χ1n) is 7.84. The Bertz CT molecular complexity index is 441.